The Hall–Kier alpha value is -1.96. The summed E-state index contributed by atoms with van der Waals surface area (Å²) in [6.07, 6.45) is 2.95. The summed E-state index contributed by atoms with van der Waals surface area (Å²) < 4.78 is 5.03. The lowest BCUT2D eigenvalue weighted by atomic mass is 9.72. The van der Waals surface area contributed by atoms with Crippen molar-refractivity contribution in [2.75, 3.05) is 12.4 Å². The number of thiocarbonyl (C=S) groups is 1. The minimum Gasteiger partial charge on any atom is -0.465 e. The first-order valence-corrected chi connectivity index (χ1v) is 11.8. The summed E-state index contributed by atoms with van der Waals surface area (Å²) in [6.45, 7) is 6.76. The monoisotopic (exact) mass is 478 g/mol. The van der Waals surface area contributed by atoms with Gasteiger partial charge in [-0.3, -0.25) is 4.79 Å². The molecule has 0 bridgehead atoms. The average Bonchev–Trinajstić information content (AvgIpc) is 3.05. The summed E-state index contributed by atoms with van der Waals surface area (Å²) in [6, 6.07) is 7.08. The van der Waals surface area contributed by atoms with Crippen LogP contribution in [-0.2, 0) is 28.8 Å². The smallest absolute Gasteiger partial charge is 0.341 e. The number of benzene rings is 1. The highest BCUT2D eigenvalue weighted by atomic mass is 35.5. The lowest BCUT2D eigenvalue weighted by molar-refractivity contribution is -0.119. The number of ether oxygens (including phenoxy) is 1. The molecule has 0 spiro atoms. The van der Waals surface area contributed by atoms with E-state index in [0.29, 0.717) is 21.5 Å². The number of carbonyl (C=O) groups excluding carboxylic acids is 2. The highest BCUT2D eigenvalue weighted by Gasteiger charge is 2.34. The maximum Gasteiger partial charge on any atom is 0.341 e. The molecule has 2 aromatic rings. The van der Waals surface area contributed by atoms with Gasteiger partial charge >= 0.3 is 5.97 Å². The molecule has 0 radical (unpaired) electrons. The van der Waals surface area contributed by atoms with Crippen molar-refractivity contribution in [1.82, 2.24) is 5.32 Å². The third kappa shape index (κ3) is 5.84. The summed E-state index contributed by atoms with van der Waals surface area (Å²) >= 11 is 12.8. The Morgan fingerprint density at radius 1 is 1.26 bits per heavy atom. The van der Waals surface area contributed by atoms with Crippen molar-refractivity contribution < 1.29 is 14.3 Å². The zero-order valence-corrected chi connectivity index (χ0v) is 20.5. The van der Waals surface area contributed by atoms with Gasteiger partial charge in [0.25, 0.3) is 0 Å². The Morgan fingerprint density at radius 3 is 2.55 bits per heavy atom. The number of halogens is 1. The molecule has 0 saturated carbocycles. The normalized spacial score (nSPS) is 15.7. The van der Waals surface area contributed by atoms with Crippen LogP contribution in [0.2, 0.25) is 5.02 Å². The molecule has 0 aliphatic heterocycles. The maximum absolute atomic E-state index is 12.5. The molecule has 1 heterocycles. The van der Waals surface area contributed by atoms with Crippen LogP contribution in [0.3, 0.4) is 0 Å². The van der Waals surface area contributed by atoms with Crippen molar-refractivity contribution in [2.45, 2.75) is 46.5 Å². The first-order chi connectivity index (χ1) is 14.6. The highest BCUT2D eigenvalue weighted by Crippen LogP contribution is 2.44. The zero-order valence-electron chi connectivity index (χ0n) is 18.1. The molecule has 1 unspecified atom stereocenters. The number of esters is 1. The van der Waals surface area contributed by atoms with E-state index in [1.807, 2.05) is 0 Å². The van der Waals surface area contributed by atoms with Gasteiger partial charge < -0.3 is 15.4 Å². The first-order valence-electron chi connectivity index (χ1n) is 10.2. The number of hydrogen-bond donors (Lipinski definition) is 2. The van der Waals surface area contributed by atoms with Gasteiger partial charge in [0.2, 0.25) is 5.91 Å². The van der Waals surface area contributed by atoms with Gasteiger partial charge in [-0.2, -0.15) is 0 Å². The summed E-state index contributed by atoms with van der Waals surface area (Å²) in [5, 5.41) is 7.16. The lowest BCUT2D eigenvalue weighted by Crippen LogP contribution is -2.35. The van der Waals surface area contributed by atoms with Gasteiger partial charge in [-0.25, -0.2) is 4.79 Å². The molecule has 1 aliphatic carbocycles. The van der Waals surface area contributed by atoms with E-state index in [-0.39, 0.29) is 28.8 Å². The fraction of sp³-hybridized carbons (Fsp3) is 0.435. The van der Waals surface area contributed by atoms with Crippen LogP contribution in [0.4, 0.5) is 5.00 Å². The van der Waals surface area contributed by atoms with Gasteiger partial charge in [-0.15, -0.1) is 11.3 Å². The third-order valence-corrected chi connectivity index (χ3v) is 7.26. The van der Waals surface area contributed by atoms with Gasteiger partial charge in [0.1, 0.15) is 5.00 Å². The minimum absolute atomic E-state index is 0.162. The molecule has 3 rings (SSSR count). The Labute approximate surface area is 197 Å². The fourth-order valence-electron chi connectivity index (χ4n) is 3.82. The van der Waals surface area contributed by atoms with Crippen molar-refractivity contribution >= 4 is 57.1 Å². The average molecular weight is 479 g/mol. The zero-order chi connectivity index (χ0) is 22.8. The Kier molecular flexibility index (Phi) is 7.39. The van der Waals surface area contributed by atoms with Crippen molar-refractivity contribution in [3.05, 3.63) is 50.9 Å². The highest BCUT2D eigenvalue weighted by molar-refractivity contribution is 7.80. The number of amides is 1. The lowest BCUT2D eigenvalue weighted by Gasteiger charge is -2.33. The van der Waals surface area contributed by atoms with E-state index in [9.17, 15) is 9.59 Å². The van der Waals surface area contributed by atoms with Crippen LogP contribution in [0.15, 0.2) is 24.3 Å². The van der Waals surface area contributed by atoms with Crippen LogP contribution in [0.5, 0.6) is 0 Å². The van der Waals surface area contributed by atoms with Crippen molar-refractivity contribution in [3.8, 4) is 0 Å². The molecule has 1 amide bonds. The van der Waals surface area contributed by atoms with Crippen molar-refractivity contribution in [3.63, 3.8) is 0 Å². The molecule has 8 heteroatoms. The van der Waals surface area contributed by atoms with Gasteiger partial charge in [-0.05, 0) is 66.1 Å². The number of fused-ring (bicyclic) bond motifs is 1. The van der Waals surface area contributed by atoms with E-state index < -0.39 is 0 Å². The number of anilines is 1. The van der Waals surface area contributed by atoms with E-state index in [2.05, 4.69) is 31.4 Å². The number of nitrogens with one attached hydrogen (secondary N) is 2. The predicted molar refractivity (Wildman–Crippen MR) is 130 cm³/mol. The van der Waals surface area contributed by atoms with Gasteiger partial charge in [-0.1, -0.05) is 44.5 Å². The molecule has 5 nitrogen and oxygen atoms in total. The standard InChI is InChI=1S/C23H27ClN2O3S2/c1-23(2,3)14-7-10-16-17(12-14)31-20(19(16)21(28)29-4)26-22(30)25-18(27)11-13-5-8-15(24)9-6-13/h5-6,8-9,14H,7,10-12H2,1-4H3,(H2,25,26,27,30). The Morgan fingerprint density at radius 2 is 1.94 bits per heavy atom. The summed E-state index contributed by atoms with van der Waals surface area (Å²) in [5.41, 5.74) is 2.60. The van der Waals surface area contributed by atoms with E-state index in [0.717, 1.165) is 30.4 Å². The number of rotatable bonds is 4. The first kappa shape index (κ1) is 23.7. The molecular weight excluding hydrogens is 452 g/mol. The van der Waals surface area contributed by atoms with Gasteiger partial charge in [0.15, 0.2) is 5.11 Å². The largest absolute Gasteiger partial charge is 0.465 e. The number of hydrogen-bond acceptors (Lipinski definition) is 5. The quantitative estimate of drug-likeness (QED) is 0.455. The van der Waals surface area contributed by atoms with Crippen LogP contribution >= 0.6 is 35.2 Å². The van der Waals surface area contributed by atoms with Crippen LogP contribution in [0.1, 0.15) is 53.6 Å². The van der Waals surface area contributed by atoms with E-state index in [1.165, 1.54) is 23.3 Å². The number of thiophene rings is 1. The Bertz CT molecular complexity index is 993. The molecule has 1 aromatic carbocycles. The molecule has 31 heavy (non-hydrogen) atoms. The Balaban J connectivity index is 1.73. The molecule has 0 saturated heterocycles. The van der Waals surface area contributed by atoms with Crippen LogP contribution in [0.25, 0.3) is 0 Å². The second-order valence-corrected chi connectivity index (χ2v) is 10.8. The topological polar surface area (TPSA) is 67.4 Å². The minimum atomic E-state index is -0.385. The molecule has 1 aliphatic rings. The summed E-state index contributed by atoms with van der Waals surface area (Å²) in [5.74, 6) is -0.0823. The number of methoxy groups -OCH3 is 1. The van der Waals surface area contributed by atoms with E-state index >= 15 is 0 Å². The molecule has 166 valence electrons. The predicted octanol–water partition coefficient (Wildman–Crippen LogP) is 5.39. The summed E-state index contributed by atoms with van der Waals surface area (Å²) in [4.78, 5) is 26.1. The van der Waals surface area contributed by atoms with E-state index in [1.54, 1.807) is 24.3 Å². The van der Waals surface area contributed by atoms with Crippen LogP contribution < -0.4 is 10.6 Å². The SMILES string of the molecule is COC(=O)c1c(NC(=S)NC(=O)Cc2ccc(Cl)cc2)sc2c1CCC(C(C)(C)C)C2. The summed E-state index contributed by atoms with van der Waals surface area (Å²) in [7, 11) is 1.38. The molecular formula is C23H27ClN2O3S2. The van der Waals surface area contributed by atoms with Gasteiger partial charge in [0.05, 0.1) is 19.1 Å². The van der Waals surface area contributed by atoms with E-state index in [4.69, 9.17) is 28.6 Å². The van der Waals surface area contributed by atoms with Crippen molar-refractivity contribution in [2.24, 2.45) is 11.3 Å². The molecule has 2 N–H and O–H groups in total. The molecule has 1 atom stereocenters. The maximum atomic E-state index is 12.5. The number of carbonyl (C=O) groups is 2. The van der Waals surface area contributed by atoms with Crippen LogP contribution in [-0.4, -0.2) is 24.1 Å². The van der Waals surface area contributed by atoms with Gasteiger partial charge in [0, 0.05) is 9.90 Å². The fourth-order valence-corrected chi connectivity index (χ4v) is 5.55. The molecule has 1 aromatic heterocycles. The third-order valence-electron chi connectivity index (χ3n) is 5.64. The second kappa shape index (κ2) is 9.67. The molecule has 0 fully saturated rings. The van der Waals surface area contributed by atoms with Crippen molar-refractivity contribution in [1.29, 1.82) is 0 Å². The second-order valence-electron chi connectivity index (χ2n) is 8.81. The van der Waals surface area contributed by atoms with Crippen LogP contribution in [0, 0.1) is 11.3 Å².